The molecular formula is C18H12N2O4. The highest BCUT2D eigenvalue weighted by atomic mass is 16.4. The Balaban J connectivity index is 1.92. The van der Waals surface area contributed by atoms with Crippen molar-refractivity contribution in [3.05, 3.63) is 81.8 Å². The first kappa shape index (κ1) is 15.4. The van der Waals surface area contributed by atoms with Gasteiger partial charge >= 0.3 is 5.97 Å². The molecule has 6 nitrogen and oxygen atoms in total. The number of aromatic amines is 1. The maximum absolute atomic E-state index is 12.1. The Bertz CT molecular complexity index is 1030. The van der Waals surface area contributed by atoms with Gasteiger partial charge in [-0.2, -0.15) is 0 Å². The van der Waals surface area contributed by atoms with Crippen molar-refractivity contribution >= 4 is 28.9 Å². The fourth-order valence-electron chi connectivity index (χ4n) is 2.21. The van der Waals surface area contributed by atoms with Crippen molar-refractivity contribution in [3.8, 4) is 0 Å². The summed E-state index contributed by atoms with van der Waals surface area (Å²) in [5.41, 5.74) is 1.17. The number of carboxylic acids is 1. The molecule has 3 aromatic rings. The number of allylic oxidation sites excluding steroid dienone is 1. The lowest BCUT2D eigenvalue weighted by Gasteiger charge is -1.99. The lowest BCUT2D eigenvalue weighted by Crippen LogP contribution is -2.12. The molecule has 0 aliphatic rings. The molecule has 0 aliphatic carbocycles. The normalized spacial score (nSPS) is 11.0. The van der Waals surface area contributed by atoms with Crippen LogP contribution in [0.1, 0.15) is 26.4 Å². The number of hydrogen-bond donors (Lipinski definition) is 2. The number of rotatable bonds is 4. The quantitative estimate of drug-likeness (QED) is 0.568. The van der Waals surface area contributed by atoms with Gasteiger partial charge in [0.2, 0.25) is 0 Å². The molecule has 3 rings (SSSR count). The van der Waals surface area contributed by atoms with Crippen LogP contribution in [0.25, 0.3) is 17.1 Å². The van der Waals surface area contributed by atoms with Crippen LogP contribution in [-0.4, -0.2) is 26.8 Å². The number of ketones is 1. The van der Waals surface area contributed by atoms with Crippen LogP contribution in [-0.2, 0) is 0 Å². The summed E-state index contributed by atoms with van der Waals surface area (Å²) in [5, 5.41) is 8.95. The lowest BCUT2D eigenvalue weighted by atomic mass is 10.1. The van der Waals surface area contributed by atoms with E-state index < -0.39 is 17.3 Å². The van der Waals surface area contributed by atoms with Gasteiger partial charge < -0.3 is 10.1 Å². The third-order valence-electron chi connectivity index (χ3n) is 3.41. The Morgan fingerprint density at radius 1 is 1.04 bits per heavy atom. The number of aromatic nitrogens is 2. The number of fused-ring (bicyclic) bond motifs is 1. The van der Waals surface area contributed by atoms with Gasteiger partial charge in [-0.15, -0.1) is 0 Å². The Morgan fingerprint density at radius 3 is 2.58 bits per heavy atom. The topological polar surface area (TPSA) is 100 Å². The van der Waals surface area contributed by atoms with Crippen molar-refractivity contribution in [1.82, 2.24) is 9.97 Å². The number of nitrogens with zero attached hydrogens (tertiary/aromatic N) is 1. The van der Waals surface area contributed by atoms with Crippen LogP contribution in [0.4, 0.5) is 0 Å². The first-order valence-corrected chi connectivity index (χ1v) is 7.09. The van der Waals surface area contributed by atoms with Crippen molar-refractivity contribution in [2.75, 3.05) is 0 Å². The molecule has 118 valence electrons. The average Bonchev–Trinajstić information content (AvgIpc) is 2.59. The number of benzene rings is 2. The Hall–Kier alpha value is -3.54. The summed E-state index contributed by atoms with van der Waals surface area (Å²) >= 11 is 0. The zero-order chi connectivity index (χ0) is 17.1. The van der Waals surface area contributed by atoms with Gasteiger partial charge in [0.25, 0.3) is 5.56 Å². The molecule has 0 unspecified atom stereocenters. The zero-order valence-corrected chi connectivity index (χ0v) is 12.4. The number of aromatic carboxylic acids is 1. The summed E-state index contributed by atoms with van der Waals surface area (Å²) in [6, 6.07) is 12.8. The second kappa shape index (κ2) is 6.29. The first-order valence-electron chi connectivity index (χ1n) is 7.09. The Kier molecular flexibility index (Phi) is 4.03. The van der Waals surface area contributed by atoms with E-state index in [4.69, 9.17) is 5.11 Å². The summed E-state index contributed by atoms with van der Waals surface area (Å²) < 4.78 is 0. The molecule has 2 N–H and O–H groups in total. The molecule has 0 aliphatic heterocycles. The van der Waals surface area contributed by atoms with Gasteiger partial charge in [-0.25, -0.2) is 9.78 Å². The molecular weight excluding hydrogens is 308 g/mol. The molecule has 1 aromatic heterocycles. The largest absolute Gasteiger partial charge is 0.478 e. The monoisotopic (exact) mass is 320 g/mol. The number of carboxylic acid groups (broad SMARTS) is 1. The predicted molar refractivity (Wildman–Crippen MR) is 89.1 cm³/mol. The summed E-state index contributed by atoms with van der Waals surface area (Å²) in [5.74, 6) is -1.52. The van der Waals surface area contributed by atoms with Crippen LogP contribution in [0.15, 0.2) is 59.4 Å². The van der Waals surface area contributed by atoms with Crippen LogP contribution in [0.5, 0.6) is 0 Å². The maximum atomic E-state index is 12.1. The Labute approximate surface area is 136 Å². The molecule has 24 heavy (non-hydrogen) atoms. The molecule has 1 heterocycles. The van der Waals surface area contributed by atoms with Crippen LogP contribution >= 0.6 is 0 Å². The standard InChI is InChI=1S/C18H12N2O4/c21-16(11-4-3-5-12(10-11)18(23)24)9-8-15-17(22)20-14-7-2-1-6-13(14)19-15/h1-10H,(H,20,22)(H,23,24). The highest BCUT2D eigenvalue weighted by molar-refractivity contribution is 6.07. The van der Waals surface area contributed by atoms with Gasteiger partial charge in [-0.1, -0.05) is 24.3 Å². The van der Waals surface area contributed by atoms with Crippen LogP contribution in [0.3, 0.4) is 0 Å². The van der Waals surface area contributed by atoms with E-state index >= 15 is 0 Å². The molecule has 0 bridgehead atoms. The number of carbonyl (C=O) groups is 2. The maximum Gasteiger partial charge on any atom is 0.335 e. The smallest absolute Gasteiger partial charge is 0.335 e. The van der Waals surface area contributed by atoms with Gasteiger partial charge in [-0.3, -0.25) is 9.59 Å². The van der Waals surface area contributed by atoms with Crippen molar-refractivity contribution in [2.24, 2.45) is 0 Å². The SMILES string of the molecule is O=C(O)c1cccc(C(=O)C=Cc2nc3ccccc3[nH]c2=O)c1. The molecule has 0 saturated carbocycles. The van der Waals surface area contributed by atoms with E-state index in [2.05, 4.69) is 9.97 Å². The minimum Gasteiger partial charge on any atom is -0.478 e. The summed E-state index contributed by atoms with van der Waals surface area (Å²) in [6.07, 6.45) is 2.52. The molecule has 0 atom stereocenters. The first-order chi connectivity index (χ1) is 11.5. The van der Waals surface area contributed by atoms with E-state index in [0.29, 0.717) is 11.0 Å². The minimum absolute atomic E-state index is 0.0240. The minimum atomic E-state index is -1.11. The van der Waals surface area contributed by atoms with Gasteiger partial charge in [0, 0.05) is 5.56 Å². The van der Waals surface area contributed by atoms with Gasteiger partial charge in [-0.05, 0) is 36.4 Å². The number of H-pyrrole nitrogens is 1. The van der Waals surface area contributed by atoms with E-state index in [1.807, 2.05) is 0 Å². The molecule has 0 saturated heterocycles. The third-order valence-corrected chi connectivity index (χ3v) is 3.41. The number of nitrogens with one attached hydrogen (secondary N) is 1. The highest BCUT2D eigenvalue weighted by Crippen LogP contribution is 2.09. The molecule has 2 aromatic carbocycles. The number of hydrogen-bond acceptors (Lipinski definition) is 4. The van der Waals surface area contributed by atoms with Gasteiger partial charge in [0.15, 0.2) is 5.78 Å². The van der Waals surface area contributed by atoms with E-state index in [9.17, 15) is 14.4 Å². The fourth-order valence-corrected chi connectivity index (χ4v) is 2.21. The van der Waals surface area contributed by atoms with Crippen LogP contribution in [0, 0.1) is 0 Å². The summed E-state index contributed by atoms with van der Waals surface area (Å²) in [7, 11) is 0. The molecule has 0 radical (unpaired) electrons. The molecule has 0 spiro atoms. The number of carbonyl (C=O) groups excluding carboxylic acids is 1. The Morgan fingerprint density at radius 2 is 1.79 bits per heavy atom. The van der Waals surface area contributed by atoms with Gasteiger partial charge in [0.05, 0.1) is 16.6 Å². The fraction of sp³-hybridized carbons (Fsp3) is 0. The highest BCUT2D eigenvalue weighted by Gasteiger charge is 2.08. The van der Waals surface area contributed by atoms with E-state index in [0.717, 1.165) is 0 Å². The van der Waals surface area contributed by atoms with Crippen LogP contribution in [0.2, 0.25) is 0 Å². The number of para-hydroxylation sites is 2. The molecule has 0 amide bonds. The predicted octanol–water partition coefficient (Wildman–Crippen LogP) is 2.52. The average molecular weight is 320 g/mol. The molecule has 6 heteroatoms. The second-order valence-electron chi connectivity index (χ2n) is 5.05. The second-order valence-corrected chi connectivity index (χ2v) is 5.05. The zero-order valence-electron chi connectivity index (χ0n) is 12.4. The van der Waals surface area contributed by atoms with Crippen molar-refractivity contribution in [2.45, 2.75) is 0 Å². The van der Waals surface area contributed by atoms with Crippen LogP contribution < -0.4 is 5.56 Å². The summed E-state index contributed by atoms with van der Waals surface area (Å²) in [4.78, 5) is 42.0. The van der Waals surface area contributed by atoms with E-state index in [1.54, 1.807) is 24.3 Å². The van der Waals surface area contributed by atoms with Crippen molar-refractivity contribution in [1.29, 1.82) is 0 Å². The lowest BCUT2D eigenvalue weighted by molar-refractivity contribution is 0.0697. The molecule has 0 fully saturated rings. The van der Waals surface area contributed by atoms with E-state index in [1.165, 1.54) is 36.4 Å². The van der Waals surface area contributed by atoms with Crippen molar-refractivity contribution < 1.29 is 14.7 Å². The third kappa shape index (κ3) is 3.12. The summed E-state index contributed by atoms with van der Waals surface area (Å²) in [6.45, 7) is 0. The van der Waals surface area contributed by atoms with E-state index in [-0.39, 0.29) is 16.8 Å². The van der Waals surface area contributed by atoms with Crippen molar-refractivity contribution in [3.63, 3.8) is 0 Å². The van der Waals surface area contributed by atoms with Gasteiger partial charge in [0.1, 0.15) is 5.69 Å².